The number of rotatable bonds is 7. The highest BCUT2D eigenvalue weighted by Gasteiger charge is 2.29. The lowest BCUT2D eigenvalue weighted by molar-refractivity contribution is -0.137. The van der Waals surface area contributed by atoms with Gasteiger partial charge in [-0.1, -0.05) is 24.3 Å². The lowest BCUT2D eigenvalue weighted by atomic mass is 10.1. The Morgan fingerprint density at radius 3 is 2.51 bits per heavy atom. The molecule has 1 amide bonds. The molecule has 0 spiro atoms. The summed E-state index contributed by atoms with van der Waals surface area (Å²) in [7, 11) is 0. The van der Waals surface area contributed by atoms with Crippen LogP contribution in [-0.4, -0.2) is 35.0 Å². The van der Waals surface area contributed by atoms with Crippen molar-refractivity contribution in [1.29, 1.82) is 0 Å². The van der Waals surface area contributed by atoms with Crippen molar-refractivity contribution in [2.75, 3.05) is 0 Å². The first-order chi connectivity index (χ1) is 17.8. The van der Waals surface area contributed by atoms with Gasteiger partial charge in [-0.2, -0.15) is 13.2 Å². The lowest BCUT2D eigenvalue weighted by Crippen LogP contribution is -2.26. The third-order valence-corrected chi connectivity index (χ3v) is 5.90. The molecule has 9 nitrogen and oxygen atoms in total. The predicted octanol–water partition coefficient (Wildman–Crippen LogP) is 3.15. The van der Waals surface area contributed by atoms with Crippen molar-refractivity contribution in [3.8, 4) is 0 Å². The Balaban J connectivity index is 1.36. The molecule has 3 aromatic heterocycles. The molecule has 0 bridgehead atoms. The summed E-state index contributed by atoms with van der Waals surface area (Å²) in [5.41, 5.74) is 0.859. The van der Waals surface area contributed by atoms with E-state index in [1.165, 1.54) is 23.0 Å². The first-order valence-corrected chi connectivity index (χ1v) is 11.3. The van der Waals surface area contributed by atoms with Crippen LogP contribution in [0.4, 0.5) is 13.2 Å². The van der Waals surface area contributed by atoms with Crippen molar-refractivity contribution in [2.45, 2.75) is 32.1 Å². The second-order valence-electron chi connectivity index (χ2n) is 8.33. The summed E-state index contributed by atoms with van der Waals surface area (Å²) in [6, 6.07) is 13.5. The van der Waals surface area contributed by atoms with Gasteiger partial charge < -0.3 is 5.32 Å². The Bertz CT molecular complexity index is 1630. The molecule has 0 atom stereocenters. The van der Waals surface area contributed by atoms with Gasteiger partial charge in [0.1, 0.15) is 6.33 Å². The smallest absolute Gasteiger partial charge is 0.349 e. The molecule has 12 heteroatoms. The van der Waals surface area contributed by atoms with E-state index < -0.39 is 11.7 Å². The standard InChI is InChI=1S/C25H20F3N7O2/c26-25(27,28)17-8-5-16(6-9-17)7-10-22(36)30-13-21-32-33-24-34(14-18-11-12-29-15-31-18)23(37)19-3-1-2-4-20(19)35(21)24/h1-6,8-9,11-12,15H,7,10,13-14H2,(H,30,36). The zero-order valence-electron chi connectivity index (χ0n) is 19.3. The second kappa shape index (κ2) is 9.80. The first kappa shape index (κ1) is 24.1. The van der Waals surface area contributed by atoms with Gasteiger partial charge in [0, 0.05) is 12.6 Å². The van der Waals surface area contributed by atoms with Crippen molar-refractivity contribution >= 4 is 22.6 Å². The Morgan fingerprint density at radius 1 is 1.00 bits per heavy atom. The number of alkyl halides is 3. The van der Waals surface area contributed by atoms with Gasteiger partial charge in [-0.25, -0.2) is 9.97 Å². The molecule has 0 saturated heterocycles. The van der Waals surface area contributed by atoms with Crippen LogP contribution < -0.4 is 10.9 Å². The average molecular weight is 507 g/mol. The van der Waals surface area contributed by atoms with Crippen LogP contribution in [-0.2, 0) is 30.5 Å². The highest BCUT2D eigenvalue weighted by atomic mass is 19.4. The van der Waals surface area contributed by atoms with Gasteiger partial charge in [-0.15, -0.1) is 10.2 Å². The van der Waals surface area contributed by atoms with E-state index in [1.54, 1.807) is 40.9 Å². The maximum absolute atomic E-state index is 13.2. The monoisotopic (exact) mass is 507 g/mol. The van der Waals surface area contributed by atoms with E-state index in [0.717, 1.165) is 12.1 Å². The van der Waals surface area contributed by atoms with Crippen LogP contribution in [0.3, 0.4) is 0 Å². The van der Waals surface area contributed by atoms with Gasteiger partial charge in [-0.05, 0) is 42.3 Å². The number of hydrogen-bond acceptors (Lipinski definition) is 6. The largest absolute Gasteiger partial charge is 0.416 e. The number of carbonyl (C=O) groups excluding carboxylic acids is 1. The van der Waals surface area contributed by atoms with Gasteiger partial charge in [0.15, 0.2) is 5.82 Å². The molecule has 5 aromatic rings. The summed E-state index contributed by atoms with van der Waals surface area (Å²) in [5.74, 6) is 0.428. The number of carbonyl (C=O) groups is 1. The van der Waals surface area contributed by atoms with Crippen LogP contribution in [0.25, 0.3) is 16.7 Å². The number of halogens is 3. The van der Waals surface area contributed by atoms with Crippen molar-refractivity contribution in [2.24, 2.45) is 0 Å². The van der Waals surface area contributed by atoms with Crippen LogP contribution in [0.5, 0.6) is 0 Å². The first-order valence-electron chi connectivity index (χ1n) is 11.3. The Morgan fingerprint density at radius 2 is 1.78 bits per heavy atom. The number of fused-ring (bicyclic) bond motifs is 3. The topological polar surface area (TPSA) is 107 Å². The molecule has 0 aliphatic heterocycles. The summed E-state index contributed by atoms with van der Waals surface area (Å²) >= 11 is 0. The number of aromatic nitrogens is 6. The van der Waals surface area contributed by atoms with E-state index in [0.29, 0.717) is 33.8 Å². The summed E-state index contributed by atoms with van der Waals surface area (Å²) < 4.78 is 41.4. The minimum Gasteiger partial charge on any atom is -0.349 e. The second-order valence-corrected chi connectivity index (χ2v) is 8.33. The molecule has 5 rings (SSSR count). The van der Waals surface area contributed by atoms with Crippen LogP contribution in [0.15, 0.2) is 71.9 Å². The van der Waals surface area contributed by atoms with Crippen molar-refractivity contribution in [3.63, 3.8) is 0 Å². The number of para-hydroxylation sites is 1. The van der Waals surface area contributed by atoms with Crippen LogP contribution in [0.1, 0.15) is 29.1 Å². The number of benzene rings is 2. The average Bonchev–Trinajstić information content (AvgIpc) is 3.33. The summed E-state index contributed by atoms with van der Waals surface area (Å²) in [5, 5.41) is 11.7. The molecule has 0 radical (unpaired) electrons. The molecule has 0 saturated carbocycles. The highest BCUT2D eigenvalue weighted by Crippen LogP contribution is 2.29. The summed E-state index contributed by atoms with van der Waals surface area (Å²) in [6.07, 6.45) is -1.05. The molecule has 0 aliphatic rings. The number of amides is 1. The minimum absolute atomic E-state index is 0.0444. The number of nitrogens with one attached hydrogen (secondary N) is 1. The molecule has 3 heterocycles. The van der Waals surface area contributed by atoms with Crippen molar-refractivity contribution < 1.29 is 18.0 Å². The maximum atomic E-state index is 13.2. The van der Waals surface area contributed by atoms with E-state index in [2.05, 4.69) is 25.5 Å². The number of aryl methyl sites for hydroxylation is 1. The molecular weight excluding hydrogens is 487 g/mol. The van der Waals surface area contributed by atoms with Crippen LogP contribution in [0.2, 0.25) is 0 Å². The maximum Gasteiger partial charge on any atom is 0.416 e. The Hall–Kier alpha value is -4.61. The van der Waals surface area contributed by atoms with E-state index in [9.17, 15) is 22.8 Å². The van der Waals surface area contributed by atoms with Gasteiger partial charge in [0.25, 0.3) is 5.56 Å². The lowest BCUT2D eigenvalue weighted by Gasteiger charge is -2.11. The quantitative estimate of drug-likeness (QED) is 0.363. The number of hydrogen-bond donors (Lipinski definition) is 1. The van der Waals surface area contributed by atoms with Gasteiger partial charge in [0.2, 0.25) is 11.7 Å². The molecule has 0 fully saturated rings. The van der Waals surface area contributed by atoms with Gasteiger partial charge in [-0.3, -0.25) is 18.6 Å². The van der Waals surface area contributed by atoms with Crippen LogP contribution in [0, 0.1) is 0 Å². The molecule has 1 N–H and O–H groups in total. The zero-order valence-corrected chi connectivity index (χ0v) is 19.3. The predicted molar refractivity (Wildman–Crippen MR) is 127 cm³/mol. The molecule has 0 unspecified atom stereocenters. The van der Waals surface area contributed by atoms with E-state index >= 15 is 0 Å². The van der Waals surface area contributed by atoms with E-state index in [-0.39, 0.29) is 37.4 Å². The van der Waals surface area contributed by atoms with Crippen molar-refractivity contribution in [1.82, 2.24) is 34.4 Å². The van der Waals surface area contributed by atoms with E-state index in [1.807, 2.05) is 0 Å². The number of nitrogens with zero attached hydrogens (tertiary/aromatic N) is 6. The van der Waals surface area contributed by atoms with Crippen LogP contribution >= 0.6 is 0 Å². The fourth-order valence-electron chi connectivity index (χ4n) is 4.03. The third kappa shape index (κ3) is 5.03. The van der Waals surface area contributed by atoms with Gasteiger partial charge >= 0.3 is 6.18 Å². The fourth-order valence-corrected chi connectivity index (χ4v) is 4.03. The summed E-state index contributed by atoms with van der Waals surface area (Å²) in [6.45, 7) is 0.204. The fraction of sp³-hybridized carbons (Fsp3) is 0.200. The third-order valence-electron chi connectivity index (χ3n) is 5.90. The molecule has 2 aromatic carbocycles. The minimum atomic E-state index is -4.40. The molecule has 188 valence electrons. The van der Waals surface area contributed by atoms with E-state index in [4.69, 9.17) is 0 Å². The van der Waals surface area contributed by atoms with Gasteiger partial charge in [0.05, 0.1) is 35.2 Å². The zero-order chi connectivity index (χ0) is 26.0. The Labute approximate surface area is 207 Å². The normalized spacial score (nSPS) is 11.8. The molecule has 0 aliphatic carbocycles. The SMILES string of the molecule is O=C(CCc1ccc(C(F)(F)F)cc1)NCc1nnc2n(Cc3ccncn3)c(=O)c3ccccc3n12. The highest BCUT2D eigenvalue weighted by molar-refractivity contribution is 5.80. The molecular formula is C25H20F3N7O2. The Kier molecular flexibility index (Phi) is 6.38. The molecule has 37 heavy (non-hydrogen) atoms. The summed E-state index contributed by atoms with van der Waals surface area (Å²) in [4.78, 5) is 33.8. The van der Waals surface area contributed by atoms with Crippen molar-refractivity contribution in [3.05, 3.63) is 100 Å².